The van der Waals surface area contributed by atoms with Gasteiger partial charge in [0, 0.05) is 6.54 Å². The number of carbonyl (C=O) groups is 1. The van der Waals surface area contributed by atoms with E-state index in [-0.39, 0.29) is 12.0 Å². The van der Waals surface area contributed by atoms with Gasteiger partial charge in [-0.3, -0.25) is 4.79 Å². The molecule has 2 aromatic rings. The van der Waals surface area contributed by atoms with Gasteiger partial charge in [0.25, 0.3) is 5.91 Å². The molecule has 0 aliphatic heterocycles. The molecule has 0 unspecified atom stereocenters. The van der Waals surface area contributed by atoms with Crippen molar-refractivity contribution in [2.24, 2.45) is 0 Å². The molecule has 0 aliphatic rings. The second-order valence-electron chi connectivity index (χ2n) is 6.63. The Morgan fingerprint density at radius 2 is 1.96 bits per heavy atom. The molecule has 1 amide bonds. The SMILES string of the molecule is CC(C)Oc1ccccc1NC(=O)c1ccc(NCCCN(C)C)cn1. The molecular formula is C20H28N4O2. The van der Waals surface area contributed by atoms with E-state index in [0.29, 0.717) is 17.1 Å². The first-order valence-electron chi connectivity index (χ1n) is 8.87. The molecule has 0 fully saturated rings. The Hall–Kier alpha value is -2.60. The molecule has 0 saturated heterocycles. The summed E-state index contributed by atoms with van der Waals surface area (Å²) < 4.78 is 5.72. The summed E-state index contributed by atoms with van der Waals surface area (Å²) in [6.07, 6.45) is 2.76. The number of pyridine rings is 1. The molecule has 0 aliphatic carbocycles. The summed E-state index contributed by atoms with van der Waals surface area (Å²) in [4.78, 5) is 18.8. The fourth-order valence-corrected chi connectivity index (χ4v) is 2.37. The summed E-state index contributed by atoms with van der Waals surface area (Å²) >= 11 is 0. The van der Waals surface area contributed by atoms with Crippen LogP contribution in [0.25, 0.3) is 0 Å². The van der Waals surface area contributed by atoms with Gasteiger partial charge in [0.05, 0.1) is 23.7 Å². The molecular weight excluding hydrogens is 328 g/mol. The normalized spacial score (nSPS) is 10.8. The second-order valence-corrected chi connectivity index (χ2v) is 6.63. The minimum absolute atomic E-state index is 0.0315. The molecule has 6 heteroatoms. The van der Waals surface area contributed by atoms with Crippen molar-refractivity contribution < 1.29 is 9.53 Å². The number of aromatic nitrogens is 1. The van der Waals surface area contributed by atoms with Crippen LogP contribution in [0, 0.1) is 0 Å². The smallest absolute Gasteiger partial charge is 0.274 e. The number of para-hydroxylation sites is 2. The number of ether oxygens (including phenoxy) is 1. The van der Waals surface area contributed by atoms with Crippen LogP contribution in [0.5, 0.6) is 5.75 Å². The second kappa shape index (κ2) is 9.77. The van der Waals surface area contributed by atoms with Gasteiger partial charge in [-0.15, -0.1) is 0 Å². The average molecular weight is 356 g/mol. The summed E-state index contributed by atoms with van der Waals surface area (Å²) in [5, 5.41) is 6.17. The van der Waals surface area contributed by atoms with Crippen molar-refractivity contribution in [3.8, 4) is 5.75 Å². The zero-order valence-corrected chi connectivity index (χ0v) is 16.0. The van der Waals surface area contributed by atoms with Crippen LogP contribution >= 0.6 is 0 Å². The Morgan fingerprint density at radius 1 is 1.19 bits per heavy atom. The standard InChI is InChI=1S/C20H28N4O2/c1-15(2)26-19-9-6-5-8-17(19)23-20(25)18-11-10-16(14-22-18)21-12-7-13-24(3)4/h5-6,8-11,14-15,21H,7,12-13H2,1-4H3,(H,23,25). The summed E-state index contributed by atoms with van der Waals surface area (Å²) in [7, 11) is 4.11. The summed E-state index contributed by atoms with van der Waals surface area (Å²) in [6, 6.07) is 11.0. The minimum atomic E-state index is -0.260. The van der Waals surface area contributed by atoms with Gasteiger partial charge in [0.2, 0.25) is 0 Å². The lowest BCUT2D eigenvalue weighted by atomic mass is 10.2. The first-order chi connectivity index (χ1) is 12.5. The fourth-order valence-electron chi connectivity index (χ4n) is 2.37. The van der Waals surface area contributed by atoms with E-state index in [1.807, 2.05) is 44.2 Å². The molecule has 0 spiro atoms. The highest BCUT2D eigenvalue weighted by molar-refractivity contribution is 6.03. The number of nitrogens with one attached hydrogen (secondary N) is 2. The maximum atomic E-state index is 12.4. The lowest BCUT2D eigenvalue weighted by Gasteiger charge is -2.14. The Morgan fingerprint density at radius 3 is 2.62 bits per heavy atom. The number of anilines is 2. The highest BCUT2D eigenvalue weighted by Gasteiger charge is 2.11. The quantitative estimate of drug-likeness (QED) is 0.673. The molecule has 6 nitrogen and oxygen atoms in total. The van der Waals surface area contributed by atoms with Gasteiger partial charge >= 0.3 is 0 Å². The van der Waals surface area contributed by atoms with Crippen LogP contribution < -0.4 is 15.4 Å². The Balaban J connectivity index is 1.94. The van der Waals surface area contributed by atoms with Gasteiger partial charge in [0.15, 0.2) is 0 Å². The van der Waals surface area contributed by atoms with E-state index in [0.717, 1.165) is 25.2 Å². The van der Waals surface area contributed by atoms with Crippen molar-refractivity contribution >= 4 is 17.3 Å². The van der Waals surface area contributed by atoms with E-state index >= 15 is 0 Å². The molecule has 1 heterocycles. The third kappa shape index (κ3) is 6.37. The molecule has 0 atom stereocenters. The van der Waals surface area contributed by atoms with Crippen LogP contribution in [0.4, 0.5) is 11.4 Å². The zero-order valence-electron chi connectivity index (χ0n) is 16.0. The molecule has 1 aromatic carbocycles. The minimum Gasteiger partial charge on any atom is -0.489 e. The third-order valence-corrected chi connectivity index (χ3v) is 3.61. The summed E-state index contributed by atoms with van der Waals surface area (Å²) in [5.74, 6) is 0.388. The number of amides is 1. The fraction of sp³-hybridized carbons (Fsp3) is 0.400. The van der Waals surface area contributed by atoms with Crippen molar-refractivity contribution in [1.82, 2.24) is 9.88 Å². The summed E-state index contributed by atoms with van der Waals surface area (Å²) in [5.41, 5.74) is 1.91. The maximum Gasteiger partial charge on any atom is 0.274 e. The number of hydrogen-bond acceptors (Lipinski definition) is 5. The predicted molar refractivity (Wildman–Crippen MR) is 106 cm³/mol. The molecule has 2 N–H and O–H groups in total. The van der Waals surface area contributed by atoms with Crippen LogP contribution in [0.15, 0.2) is 42.6 Å². The number of carbonyl (C=O) groups excluding carboxylic acids is 1. The molecule has 0 bridgehead atoms. The highest BCUT2D eigenvalue weighted by Crippen LogP contribution is 2.25. The molecule has 140 valence electrons. The Labute approximate surface area is 155 Å². The van der Waals surface area contributed by atoms with Crippen molar-refractivity contribution in [3.05, 3.63) is 48.3 Å². The van der Waals surface area contributed by atoms with Gasteiger partial charge in [-0.05, 0) is 65.2 Å². The van der Waals surface area contributed by atoms with Crippen molar-refractivity contribution in [2.75, 3.05) is 37.8 Å². The van der Waals surface area contributed by atoms with Gasteiger partial charge in [-0.2, -0.15) is 0 Å². The molecule has 0 saturated carbocycles. The molecule has 1 aromatic heterocycles. The molecule has 26 heavy (non-hydrogen) atoms. The van der Waals surface area contributed by atoms with E-state index in [2.05, 4.69) is 34.6 Å². The molecule has 0 radical (unpaired) electrons. The first-order valence-corrected chi connectivity index (χ1v) is 8.87. The van der Waals surface area contributed by atoms with E-state index in [4.69, 9.17) is 4.74 Å². The zero-order chi connectivity index (χ0) is 18.9. The van der Waals surface area contributed by atoms with Crippen molar-refractivity contribution in [2.45, 2.75) is 26.4 Å². The largest absolute Gasteiger partial charge is 0.489 e. The maximum absolute atomic E-state index is 12.4. The monoisotopic (exact) mass is 356 g/mol. The highest BCUT2D eigenvalue weighted by atomic mass is 16.5. The van der Waals surface area contributed by atoms with Crippen LogP contribution in [0.3, 0.4) is 0 Å². The van der Waals surface area contributed by atoms with E-state index in [1.54, 1.807) is 12.3 Å². The molecule has 2 rings (SSSR count). The number of nitrogens with zero attached hydrogens (tertiary/aromatic N) is 2. The predicted octanol–water partition coefficient (Wildman–Crippen LogP) is 3.48. The van der Waals surface area contributed by atoms with E-state index in [1.165, 1.54) is 0 Å². The first kappa shape index (κ1) is 19.7. The Bertz CT molecular complexity index is 699. The Kier molecular flexibility index (Phi) is 7.41. The van der Waals surface area contributed by atoms with Gasteiger partial charge in [-0.1, -0.05) is 12.1 Å². The third-order valence-electron chi connectivity index (χ3n) is 3.61. The van der Waals surface area contributed by atoms with Gasteiger partial charge in [-0.25, -0.2) is 4.98 Å². The number of rotatable bonds is 9. The summed E-state index contributed by atoms with van der Waals surface area (Å²) in [6.45, 7) is 5.79. The number of hydrogen-bond donors (Lipinski definition) is 2. The van der Waals surface area contributed by atoms with Crippen LogP contribution in [-0.4, -0.2) is 49.1 Å². The average Bonchev–Trinajstić information content (AvgIpc) is 2.60. The van der Waals surface area contributed by atoms with Gasteiger partial charge in [0.1, 0.15) is 11.4 Å². The van der Waals surface area contributed by atoms with Crippen LogP contribution in [0.2, 0.25) is 0 Å². The van der Waals surface area contributed by atoms with Crippen LogP contribution in [0.1, 0.15) is 30.8 Å². The topological polar surface area (TPSA) is 66.5 Å². The van der Waals surface area contributed by atoms with Crippen molar-refractivity contribution in [3.63, 3.8) is 0 Å². The van der Waals surface area contributed by atoms with Crippen molar-refractivity contribution in [1.29, 1.82) is 0 Å². The van der Waals surface area contributed by atoms with E-state index < -0.39 is 0 Å². The lowest BCUT2D eigenvalue weighted by molar-refractivity contribution is 0.102. The number of benzene rings is 1. The van der Waals surface area contributed by atoms with E-state index in [9.17, 15) is 4.79 Å². The van der Waals surface area contributed by atoms with Gasteiger partial charge < -0.3 is 20.3 Å². The lowest BCUT2D eigenvalue weighted by Crippen LogP contribution is -2.17. The van der Waals surface area contributed by atoms with Crippen LogP contribution in [-0.2, 0) is 0 Å².